The molecule has 0 fully saturated rings. The molecule has 10 heteroatoms. The Hall–Kier alpha value is -3.66. The molecule has 0 saturated carbocycles. The summed E-state index contributed by atoms with van der Waals surface area (Å²) in [5.41, 5.74) is 8.11. The lowest BCUT2D eigenvalue weighted by Crippen LogP contribution is -2.38. The topological polar surface area (TPSA) is 110 Å². The largest absolute Gasteiger partial charge is 0.497 e. The lowest BCUT2D eigenvalue weighted by Gasteiger charge is -2.26. The summed E-state index contributed by atoms with van der Waals surface area (Å²) in [4.78, 5) is 32.1. The first kappa shape index (κ1) is 20.6. The number of ether oxygens (including phenoxy) is 1. The average Bonchev–Trinajstić information content (AvgIpc) is 3.20. The number of thiazole rings is 1. The Morgan fingerprint density at radius 1 is 1.19 bits per heavy atom. The fourth-order valence-electron chi connectivity index (χ4n) is 3.15. The van der Waals surface area contributed by atoms with Crippen molar-refractivity contribution in [3.8, 4) is 5.75 Å². The van der Waals surface area contributed by atoms with Crippen LogP contribution in [0.3, 0.4) is 0 Å². The molecule has 0 spiro atoms. The van der Waals surface area contributed by atoms with Crippen molar-refractivity contribution >= 4 is 40.3 Å². The minimum Gasteiger partial charge on any atom is -0.497 e. The van der Waals surface area contributed by atoms with Crippen molar-refractivity contribution in [1.29, 1.82) is 0 Å². The summed E-state index contributed by atoms with van der Waals surface area (Å²) in [6, 6.07) is 10.3. The number of hydrogen-bond donors (Lipinski definition) is 3. The van der Waals surface area contributed by atoms with Gasteiger partial charge in [-0.1, -0.05) is 0 Å². The Balaban J connectivity index is 1.43. The fraction of sp³-hybridized carbons (Fsp3) is 0.190. The van der Waals surface area contributed by atoms with Crippen molar-refractivity contribution in [1.82, 2.24) is 9.88 Å². The van der Waals surface area contributed by atoms with Gasteiger partial charge >= 0.3 is 6.03 Å². The maximum Gasteiger partial charge on any atom is 0.322 e. The standard InChI is InChI=1S/C21H20FN5O3S/c1-30-14-6-7-15(23)17(10-14)25-19(28)20-26-16-8-9-27(11-18(16)31-20)21(29)24-13-4-2-12(22)3-5-13/h2-7,10H,8-9,11,23H2,1H3,(H,24,29)(H,25,28). The van der Waals surface area contributed by atoms with E-state index in [0.29, 0.717) is 47.3 Å². The van der Waals surface area contributed by atoms with Crippen LogP contribution in [0.1, 0.15) is 20.4 Å². The number of amides is 3. The van der Waals surface area contributed by atoms with E-state index in [-0.39, 0.29) is 17.8 Å². The quantitative estimate of drug-likeness (QED) is 0.535. The number of nitrogens with zero attached hydrogens (tertiary/aromatic N) is 2. The number of hydrogen-bond acceptors (Lipinski definition) is 6. The number of carbonyl (C=O) groups is 2. The third-order valence-corrected chi connectivity index (χ3v) is 5.90. The van der Waals surface area contributed by atoms with E-state index in [2.05, 4.69) is 15.6 Å². The highest BCUT2D eigenvalue weighted by Gasteiger charge is 2.26. The maximum absolute atomic E-state index is 13.0. The molecule has 0 unspecified atom stereocenters. The Morgan fingerprint density at radius 3 is 2.71 bits per heavy atom. The number of rotatable bonds is 4. The normalized spacial score (nSPS) is 12.8. The van der Waals surface area contributed by atoms with Gasteiger partial charge in [0.05, 0.1) is 30.7 Å². The minimum absolute atomic E-state index is 0.291. The molecule has 8 nitrogen and oxygen atoms in total. The van der Waals surface area contributed by atoms with Gasteiger partial charge < -0.3 is 26.0 Å². The third kappa shape index (κ3) is 4.58. The highest BCUT2D eigenvalue weighted by atomic mass is 32.1. The molecule has 1 aromatic heterocycles. The van der Waals surface area contributed by atoms with Gasteiger partial charge in [-0.2, -0.15) is 0 Å². The molecular weight excluding hydrogens is 421 g/mol. The number of carbonyl (C=O) groups excluding carboxylic acids is 2. The number of urea groups is 1. The third-order valence-electron chi connectivity index (χ3n) is 4.82. The Kier molecular flexibility index (Phi) is 5.72. The molecule has 4 N–H and O–H groups in total. The molecule has 1 aliphatic rings. The SMILES string of the molecule is COc1ccc(N)c(NC(=O)c2nc3c(s2)CN(C(=O)Nc2ccc(F)cc2)CC3)c1. The van der Waals surface area contributed by atoms with Gasteiger partial charge in [0.25, 0.3) is 5.91 Å². The number of aromatic nitrogens is 1. The number of methoxy groups -OCH3 is 1. The Labute approximate surface area is 181 Å². The van der Waals surface area contributed by atoms with Gasteiger partial charge in [0.1, 0.15) is 11.6 Å². The summed E-state index contributed by atoms with van der Waals surface area (Å²) in [5, 5.41) is 5.81. The van der Waals surface area contributed by atoms with Gasteiger partial charge in [-0.15, -0.1) is 11.3 Å². The van der Waals surface area contributed by atoms with E-state index >= 15 is 0 Å². The molecule has 2 heterocycles. The lowest BCUT2D eigenvalue weighted by atomic mass is 10.2. The van der Waals surface area contributed by atoms with Gasteiger partial charge in [0.15, 0.2) is 5.01 Å². The number of nitrogen functional groups attached to an aromatic ring is 1. The first-order chi connectivity index (χ1) is 14.9. The Bertz CT molecular complexity index is 1130. The second-order valence-electron chi connectivity index (χ2n) is 6.90. The number of nitrogens with one attached hydrogen (secondary N) is 2. The molecule has 0 bridgehead atoms. The second kappa shape index (κ2) is 8.60. The highest BCUT2D eigenvalue weighted by Crippen LogP contribution is 2.28. The smallest absolute Gasteiger partial charge is 0.322 e. The number of nitrogens with two attached hydrogens (primary N) is 1. The van der Waals surface area contributed by atoms with Crippen LogP contribution in [0.5, 0.6) is 5.75 Å². The van der Waals surface area contributed by atoms with E-state index in [0.717, 1.165) is 10.6 Å². The van der Waals surface area contributed by atoms with Crippen molar-refractivity contribution in [2.75, 3.05) is 30.0 Å². The molecule has 4 rings (SSSR count). The van der Waals surface area contributed by atoms with Gasteiger partial charge in [0, 0.05) is 29.6 Å². The van der Waals surface area contributed by atoms with E-state index < -0.39 is 0 Å². The van der Waals surface area contributed by atoms with Crippen molar-refractivity contribution in [2.45, 2.75) is 13.0 Å². The molecule has 1 aliphatic heterocycles. The summed E-state index contributed by atoms with van der Waals surface area (Å²) in [6.45, 7) is 0.808. The van der Waals surface area contributed by atoms with E-state index in [4.69, 9.17) is 10.5 Å². The van der Waals surface area contributed by atoms with Crippen molar-refractivity contribution in [2.24, 2.45) is 0 Å². The zero-order valence-electron chi connectivity index (χ0n) is 16.6. The summed E-state index contributed by atoms with van der Waals surface area (Å²) in [7, 11) is 1.53. The molecule has 3 amide bonds. The first-order valence-corrected chi connectivity index (χ1v) is 10.3. The molecule has 160 valence electrons. The van der Waals surface area contributed by atoms with Crippen LogP contribution in [-0.4, -0.2) is 35.5 Å². The summed E-state index contributed by atoms with van der Waals surface area (Å²) >= 11 is 1.24. The van der Waals surface area contributed by atoms with Gasteiger partial charge in [-0.3, -0.25) is 4.79 Å². The molecule has 0 radical (unpaired) electrons. The highest BCUT2D eigenvalue weighted by molar-refractivity contribution is 7.13. The predicted octanol–water partition coefficient (Wildman–Crippen LogP) is 3.72. The molecule has 31 heavy (non-hydrogen) atoms. The van der Waals surface area contributed by atoms with Crippen molar-refractivity contribution in [3.05, 3.63) is 63.9 Å². The zero-order chi connectivity index (χ0) is 22.0. The molecular formula is C21H20FN5O3S. The van der Waals surface area contributed by atoms with E-state index in [1.165, 1.54) is 42.7 Å². The number of benzene rings is 2. The average molecular weight is 441 g/mol. The van der Waals surface area contributed by atoms with Crippen LogP contribution < -0.4 is 21.1 Å². The predicted molar refractivity (Wildman–Crippen MR) is 117 cm³/mol. The minimum atomic E-state index is -0.373. The zero-order valence-corrected chi connectivity index (χ0v) is 17.5. The van der Waals surface area contributed by atoms with Crippen LogP contribution in [0.2, 0.25) is 0 Å². The van der Waals surface area contributed by atoms with E-state index in [1.54, 1.807) is 23.1 Å². The molecule has 2 aromatic carbocycles. The lowest BCUT2D eigenvalue weighted by molar-refractivity contribution is 0.102. The van der Waals surface area contributed by atoms with Crippen molar-refractivity contribution in [3.63, 3.8) is 0 Å². The number of fused-ring (bicyclic) bond motifs is 1. The van der Waals surface area contributed by atoms with Crippen LogP contribution in [0.25, 0.3) is 0 Å². The molecule has 0 aliphatic carbocycles. The van der Waals surface area contributed by atoms with E-state index in [9.17, 15) is 14.0 Å². The van der Waals surface area contributed by atoms with Gasteiger partial charge in [0.2, 0.25) is 0 Å². The molecule has 3 aromatic rings. The Morgan fingerprint density at radius 2 is 1.97 bits per heavy atom. The summed E-state index contributed by atoms with van der Waals surface area (Å²) in [6.07, 6.45) is 0.539. The van der Waals surface area contributed by atoms with Crippen LogP contribution >= 0.6 is 11.3 Å². The first-order valence-electron chi connectivity index (χ1n) is 9.48. The van der Waals surface area contributed by atoms with Crippen LogP contribution in [0.15, 0.2) is 42.5 Å². The number of halogens is 1. The van der Waals surface area contributed by atoms with Gasteiger partial charge in [-0.25, -0.2) is 14.2 Å². The summed E-state index contributed by atoms with van der Waals surface area (Å²) < 4.78 is 18.2. The molecule has 0 saturated heterocycles. The van der Waals surface area contributed by atoms with Gasteiger partial charge in [-0.05, 0) is 36.4 Å². The van der Waals surface area contributed by atoms with Crippen LogP contribution in [-0.2, 0) is 13.0 Å². The monoisotopic (exact) mass is 441 g/mol. The van der Waals surface area contributed by atoms with Crippen LogP contribution in [0, 0.1) is 5.82 Å². The molecule has 0 atom stereocenters. The number of anilines is 3. The van der Waals surface area contributed by atoms with Crippen molar-refractivity contribution < 1.29 is 18.7 Å². The van der Waals surface area contributed by atoms with Crippen LogP contribution in [0.4, 0.5) is 26.2 Å². The summed E-state index contributed by atoms with van der Waals surface area (Å²) in [5.74, 6) is -0.167. The second-order valence-corrected chi connectivity index (χ2v) is 7.99. The fourth-order valence-corrected chi connectivity index (χ4v) is 4.17. The van der Waals surface area contributed by atoms with E-state index in [1.807, 2.05) is 0 Å². The maximum atomic E-state index is 13.0.